The molecule has 1 N–H and O–H groups in total. The number of benzene rings is 2. The molecule has 2 heterocycles. The maximum Gasteiger partial charge on any atom is 0.259 e. The second kappa shape index (κ2) is 8.69. The third-order valence-corrected chi connectivity index (χ3v) is 4.65. The fourth-order valence-corrected chi connectivity index (χ4v) is 3.20. The van der Waals surface area contributed by atoms with Gasteiger partial charge in [0.1, 0.15) is 11.6 Å². The molecule has 1 amide bonds. The number of amides is 1. The highest BCUT2D eigenvalue weighted by Crippen LogP contribution is 2.25. The molecular weight excluding hydrogens is 380 g/mol. The SMILES string of the molecule is Cc1nc(C)n(CCCNC(=O)c2ccccc2-c2nc(-c3ccccc3)no2)n1. The van der Waals surface area contributed by atoms with Gasteiger partial charge in [0.2, 0.25) is 5.82 Å². The fraction of sp³-hybridized carbons (Fsp3) is 0.227. The lowest BCUT2D eigenvalue weighted by Crippen LogP contribution is -2.26. The van der Waals surface area contributed by atoms with Gasteiger partial charge in [0.15, 0.2) is 0 Å². The number of carbonyl (C=O) groups excluding carboxylic acids is 1. The van der Waals surface area contributed by atoms with Gasteiger partial charge >= 0.3 is 0 Å². The highest BCUT2D eigenvalue weighted by Gasteiger charge is 2.17. The molecule has 152 valence electrons. The van der Waals surface area contributed by atoms with Gasteiger partial charge in [-0.3, -0.25) is 9.48 Å². The largest absolute Gasteiger partial charge is 0.352 e. The number of rotatable bonds is 7. The Morgan fingerprint density at radius 3 is 2.57 bits per heavy atom. The summed E-state index contributed by atoms with van der Waals surface area (Å²) in [6.45, 7) is 5.00. The van der Waals surface area contributed by atoms with E-state index in [9.17, 15) is 4.79 Å². The van der Waals surface area contributed by atoms with Crippen molar-refractivity contribution in [1.29, 1.82) is 0 Å². The Kier molecular flexibility index (Phi) is 5.65. The van der Waals surface area contributed by atoms with E-state index in [2.05, 4.69) is 25.5 Å². The summed E-state index contributed by atoms with van der Waals surface area (Å²) in [6.07, 6.45) is 0.746. The summed E-state index contributed by atoms with van der Waals surface area (Å²) in [4.78, 5) is 21.5. The van der Waals surface area contributed by atoms with Crippen LogP contribution in [0.25, 0.3) is 22.8 Å². The number of aromatic nitrogens is 5. The number of nitrogens with zero attached hydrogens (tertiary/aromatic N) is 5. The van der Waals surface area contributed by atoms with Crippen LogP contribution >= 0.6 is 0 Å². The van der Waals surface area contributed by atoms with Crippen LogP contribution in [0.2, 0.25) is 0 Å². The van der Waals surface area contributed by atoms with Crippen LogP contribution in [0.15, 0.2) is 59.1 Å². The summed E-state index contributed by atoms with van der Waals surface area (Å²) in [5, 5.41) is 11.3. The van der Waals surface area contributed by atoms with Crippen molar-refractivity contribution in [2.24, 2.45) is 0 Å². The van der Waals surface area contributed by atoms with E-state index in [1.165, 1.54) is 0 Å². The normalized spacial score (nSPS) is 10.9. The second-order valence-electron chi connectivity index (χ2n) is 6.87. The number of hydrogen-bond acceptors (Lipinski definition) is 6. The fourth-order valence-electron chi connectivity index (χ4n) is 3.20. The first-order valence-electron chi connectivity index (χ1n) is 9.76. The highest BCUT2D eigenvalue weighted by molar-refractivity contribution is 6.00. The number of hydrogen-bond donors (Lipinski definition) is 1. The first-order chi connectivity index (χ1) is 14.6. The van der Waals surface area contributed by atoms with Crippen LogP contribution in [0.4, 0.5) is 0 Å². The Bertz CT molecular complexity index is 1150. The first kappa shape index (κ1) is 19.5. The van der Waals surface area contributed by atoms with E-state index in [0.717, 1.165) is 23.6 Å². The quantitative estimate of drug-likeness (QED) is 0.476. The second-order valence-corrected chi connectivity index (χ2v) is 6.87. The Morgan fingerprint density at radius 2 is 1.80 bits per heavy atom. The van der Waals surface area contributed by atoms with Crippen molar-refractivity contribution >= 4 is 5.91 Å². The Labute approximate surface area is 174 Å². The molecule has 8 nitrogen and oxygen atoms in total. The third kappa shape index (κ3) is 4.27. The van der Waals surface area contributed by atoms with Crippen LogP contribution in [0.1, 0.15) is 28.4 Å². The average molecular weight is 402 g/mol. The van der Waals surface area contributed by atoms with Gasteiger partial charge in [-0.05, 0) is 32.4 Å². The van der Waals surface area contributed by atoms with Crippen molar-refractivity contribution in [2.45, 2.75) is 26.8 Å². The molecule has 4 rings (SSSR count). The lowest BCUT2D eigenvalue weighted by atomic mass is 10.1. The summed E-state index contributed by atoms with van der Waals surface area (Å²) >= 11 is 0. The van der Waals surface area contributed by atoms with Gasteiger partial charge in [-0.15, -0.1) is 0 Å². The minimum atomic E-state index is -0.184. The molecule has 8 heteroatoms. The van der Waals surface area contributed by atoms with Crippen LogP contribution in [0, 0.1) is 13.8 Å². The molecule has 0 bridgehead atoms. The maximum atomic E-state index is 12.8. The summed E-state index contributed by atoms with van der Waals surface area (Å²) in [6, 6.07) is 16.8. The molecule has 30 heavy (non-hydrogen) atoms. The molecule has 2 aromatic heterocycles. The number of nitrogens with one attached hydrogen (secondary N) is 1. The van der Waals surface area contributed by atoms with Crippen molar-refractivity contribution in [3.05, 3.63) is 71.8 Å². The third-order valence-electron chi connectivity index (χ3n) is 4.65. The summed E-state index contributed by atoms with van der Waals surface area (Å²) in [7, 11) is 0. The minimum absolute atomic E-state index is 0.184. The molecule has 4 aromatic rings. The van der Waals surface area contributed by atoms with Crippen LogP contribution in [0.3, 0.4) is 0 Å². The Hall–Kier alpha value is -3.81. The zero-order chi connectivity index (χ0) is 20.9. The predicted molar refractivity (Wildman–Crippen MR) is 112 cm³/mol. The van der Waals surface area contributed by atoms with Gasteiger partial charge < -0.3 is 9.84 Å². The zero-order valence-electron chi connectivity index (χ0n) is 16.9. The molecule has 0 aliphatic heterocycles. The van der Waals surface area contributed by atoms with Gasteiger partial charge in [0, 0.05) is 18.7 Å². The van der Waals surface area contributed by atoms with Gasteiger partial charge in [0.25, 0.3) is 11.8 Å². The first-order valence-corrected chi connectivity index (χ1v) is 9.76. The minimum Gasteiger partial charge on any atom is -0.352 e. The predicted octanol–water partition coefficient (Wildman–Crippen LogP) is 3.43. The van der Waals surface area contributed by atoms with E-state index in [1.54, 1.807) is 12.1 Å². The van der Waals surface area contributed by atoms with Gasteiger partial charge in [-0.1, -0.05) is 47.6 Å². The summed E-state index contributed by atoms with van der Waals surface area (Å²) in [5.41, 5.74) is 1.95. The number of carbonyl (C=O) groups is 1. The molecule has 0 aliphatic rings. The maximum absolute atomic E-state index is 12.8. The molecule has 0 unspecified atom stereocenters. The van der Waals surface area contributed by atoms with Crippen molar-refractivity contribution in [3.63, 3.8) is 0 Å². The molecule has 2 aromatic carbocycles. The molecule has 0 saturated carbocycles. The van der Waals surface area contributed by atoms with E-state index < -0.39 is 0 Å². The molecule has 0 radical (unpaired) electrons. The Morgan fingerprint density at radius 1 is 1.03 bits per heavy atom. The van der Waals surface area contributed by atoms with E-state index in [-0.39, 0.29) is 5.91 Å². The molecule has 0 fully saturated rings. The number of aryl methyl sites for hydroxylation is 3. The van der Waals surface area contributed by atoms with Gasteiger partial charge in [-0.2, -0.15) is 10.1 Å². The van der Waals surface area contributed by atoms with Crippen molar-refractivity contribution in [1.82, 2.24) is 30.2 Å². The molecule has 0 atom stereocenters. The smallest absolute Gasteiger partial charge is 0.259 e. The van der Waals surface area contributed by atoms with Crippen molar-refractivity contribution in [2.75, 3.05) is 6.54 Å². The monoisotopic (exact) mass is 402 g/mol. The average Bonchev–Trinajstić information content (AvgIpc) is 3.38. The Balaban J connectivity index is 1.43. The highest BCUT2D eigenvalue weighted by atomic mass is 16.5. The summed E-state index contributed by atoms with van der Waals surface area (Å²) < 4.78 is 7.28. The molecular formula is C22H22N6O2. The van der Waals surface area contributed by atoms with E-state index in [4.69, 9.17) is 4.52 Å². The van der Waals surface area contributed by atoms with Gasteiger partial charge in [-0.25, -0.2) is 4.98 Å². The van der Waals surface area contributed by atoms with Gasteiger partial charge in [0.05, 0.1) is 11.1 Å². The van der Waals surface area contributed by atoms with E-state index in [0.29, 0.717) is 35.9 Å². The van der Waals surface area contributed by atoms with Crippen LogP contribution in [-0.4, -0.2) is 37.4 Å². The standard InChI is InChI=1S/C22H22N6O2/c1-15-24-16(2)28(26-15)14-8-13-23-21(29)18-11-6-7-12-19(18)22-25-20(27-30-22)17-9-4-3-5-10-17/h3-7,9-12H,8,13-14H2,1-2H3,(H,23,29). The van der Waals surface area contributed by atoms with E-state index in [1.807, 2.05) is 61.0 Å². The van der Waals surface area contributed by atoms with Crippen molar-refractivity contribution in [3.8, 4) is 22.8 Å². The topological polar surface area (TPSA) is 98.7 Å². The molecule has 0 saturated heterocycles. The molecule has 0 spiro atoms. The lowest BCUT2D eigenvalue weighted by molar-refractivity contribution is 0.0953. The van der Waals surface area contributed by atoms with Crippen LogP contribution in [-0.2, 0) is 6.54 Å². The van der Waals surface area contributed by atoms with Crippen molar-refractivity contribution < 1.29 is 9.32 Å². The molecule has 0 aliphatic carbocycles. The van der Waals surface area contributed by atoms with E-state index >= 15 is 0 Å². The zero-order valence-corrected chi connectivity index (χ0v) is 16.9. The van der Waals surface area contributed by atoms with Crippen LogP contribution in [0.5, 0.6) is 0 Å². The summed E-state index contributed by atoms with van der Waals surface area (Å²) in [5.74, 6) is 2.24. The van der Waals surface area contributed by atoms with Crippen LogP contribution < -0.4 is 5.32 Å². The lowest BCUT2D eigenvalue weighted by Gasteiger charge is -2.08.